The Labute approximate surface area is 161 Å². The van der Waals surface area contributed by atoms with E-state index in [-0.39, 0.29) is 22.9 Å². The van der Waals surface area contributed by atoms with Crippen LogP contribution in [0.15, 0.2) is 46.3 Å². The predicted molar refractivity (Wildman–Crippen MR) is 100 cm³/mol. The van der Waals surface area contributed by atoms with Crippen LogP contribution in [0.4, 0.5) is 0 Å². The summed E-state index contributed by atoms with van der Waals surface area (Å²) in [5.41, 5.74) is 8.21. The Balaban J connectivity index is 2.32. The Kier molecular flexibility index (Phi) is 5.01. The second kappa shape index (κ2) is 7.11. The molecule has 1 aromatic rings. The molecule has 2 aliphatic rings. The molecule has 1 saturated heterocycles. The van der Waals surface area contributed by atoms with Crippen molar-refractivity contribution in [3.63, 3.8) is 0 Å². The first-order valence-corrected chi connectivity index (χ1v) is 9.17. The molecule has 2 aliphatic heterocycles. The number of benzene rings is 1. The van der Waals surface area contributed by atoms with E-state index in [4.69, 9.17) is 15.2 Å². The molecule has 142 valence electrons. The fourth-order valence-electron chi connectivity index (χ4n) is 3.24. The van der Waals surface area contributed by atoms with E-state index in [2.05, 4.69) is 0 Å². The van der Waals surface area contributed by atoms with Crippen LogP contribution in [0.1, 0.15) is 24.0 Å². The summed E-state index contributed by atoms with van der Waals surface area (Å²) in [7, 11) is 2.49. The highest BCUT2D eigenvalue weighted by Crippen LogP contribution is 2.49. The lowest BCUT2D eigenvalue weighted by molar-refractivity contribution is -0.137. The van der Waals surface area contributed by atoms with E-state index in [0.717, 1.165) is 5.56 Å². The maximum absolute atomic E-state index is 12.7. The van der Waals surface area contributed by atoms with Gasteiger partial charge in [-0.05, 0) is 19.4 Å². The van der Waals surface area contributed by atoms with E-state index in [1.54, 1.807) is 6.92 Å². The molecular weight excluding hydrogens is 368 g/mol. The van der Waals surface area contributed by atoms with Gasteiger partial charge in [0.15, 0.2) is 0 Å². The van der Waals surface area contributed by atoms with Gasteiger partial charge in [-0.25, -0.2) is 9.59 Å². The van der Waals surface area contributed by atoms with Crippen molar-refractivity contribution < 1.29 is 23.9 Å². The average Bonchev–Trinajstić information content (AvgIpc) is 2.96. The highest BCUT2D eigenvalue weighted by Gasteiger charge is 2.48. The summed E-state index contributed by atoms with van der Waals surface area (Å²) in [6, 6.07) is 7.39. The summed E-state index contributed by atoms with van der Waals surface area (Å²) in [5, 5.41) is -0.0380. The molecule has 3 rings (SSSR count). The number of hydrogen-bond acceptors (Lipinski definition) is 7. The number of nitrogens with two attached hydrogens (primary N) is 1. The fourth-order valence-corrected chi connectivity index (χ4v) is 4.40. The zero-order valence-corrected chi connectivity index (χ0v) is 16.3. The molecule has 27 heavy (non-hydrogen) atoms. The Morgan fingerprint density at radius 3 is 2.19 bits per heavy atom. The second-order valence-corrected chi connectivity index (χ2v) is 7.61. The smallest absolute Gasteiger partial charge is 0.338 e. The molecule has 0 bridgehead atoms. The van der Waals surface area contributed by atoms with Crippen LogP contribution in [0, 0.1) is 6.92 Å². The molecule has 0 saturated carbocycles. The number of aryl methyl sites for hydroxylation is 1. The summed E-state index contributed by atoms with van der Waals surface area (Å²) >= 11 is 1.22. The molecule has 0 radical (unpaired) electrons. The number of esters is 2. The van der Waals surface area contributed by atoms with Crippen LogP contribution in [0.25, 0.3) is 0 Å². The Morgan fingerprint density at radius 1 is 1.07 bits per heavy atom. The normalized spacial score (nSPS) is 22.1. The minimum absolute atomic E-state index is 0.0167. The van der Waals surface area contributed by atoms with Gasteiger partial charge in [-0.3, -0.25) is 9.69 Å². The molecule has 0 unspecified atom stereocenters. The summed E-state index contributed by atoms with van der Waals surface area (Å²) in [4.78, 5) is 39.1. The van der Waals surface area contributed by atoms with Crippen molar-refractivity contribution >= 4 is 29.6 Å². The lowest BCUT2D eigenvalue weighted by Crippen LogP contribution is -2.40. The highest BCUT2D eigenvalue weighted by atomic mass is 32.2. The molecule has 1 aromatic carbocycles. The van der Waals surface area contributed by atoms with Crippen LogP contribution < -0.4 is 5.73 Å². The number of hydrogen-bond donors (Lipinski definition) is 1. The number of nitrogens with zero attached hydrogens (tertiary/aromatic N) is 1. The van der Waals surface area contributed by atoms with Crippen LogP contribution in [-0.2, 0) is 23.9 Å². The first-order valence-electron chi connectivity index (χ1n) is 8.29. The van der Waals surface area contributed by atoms with Crippen molar-refractivity contribution in [2.24, 2.45) is 5.73 Å². The van der Waals surface area contributed by atoms with E-state index in [9.17, 15) is 14.4 Å². The van der Waals surface area contributed by atoms with E-state index in [0.29, 0.717) is 10.6 Å². The summed E-state index contributed by atoms with van der Waals surface area (Å²) in [5.74, 6) is -2.42. The van der Waals surface area contributed by atoms with Crippen LogP contribution in [0.3, 0.4) is 0 Å². The number of carbonyl (C=O) groups excluding carboxylic acids is 3. The Hall–Kier alpha value is -2.74. The first-order chi connectivity index (χ1) is 12.8. The van der Waals surface area contributed by atoms with Crippen molar-refractivity contribution in [2.75, 3.05) is 14.2 Å². The Morgan fingerprint density at radius 2 is 1.63 bits per heavy atom. The maximum Gasteiger partial charge on any atom is 0.338 e. The number of thioether (sulfide) groups is 1. The van der Waals surface area contributed by atoms with E-state index < -0.39 is 23.1 Å². The number of ether oxygens (including phenoxy) is 2. The molecule has 7 nitrogen and oxygen atoms in total. The standard InChI is InChI=1S/C19H20N2O5S/c1-9-5-7-11(8-6-9)12-13(18(23)25-3)15(20)21-16(22)10(2)27-17(21)14(12)19(24)26-4/h5-8,10,12H,20H2,1-4H3/t10-,12+/m0/s1. The Bertz CT molecular complexity index is 888. The molecule has 0 aromatic heterocycles. The molecule has 1 amide bonds. The van der Waals surface area contributed by atoms with Gasteiger partial charge < -0.3 is 15.2 Å². The first kappa shape index (κ1) is 19.0. The summed E-state index contributed by atoms with van der Waals surface area (Å²) < 4.78 is 9.89. The van der Waals surface area contributed by atoms with Crippen molar-refractivity contribution in [2.45, 2.75) is 25.0 Å². The van der Waals surface area contributed by atoms with Crippen molar-refractivity contribution in [3.8, 4) is 0 Å². The topological polar surface area (TPSA) is 98.9 Å². The molecule has 1 fully saturated rings. The van der Waals surface area contributed by atoms with Crippen molar-refractivity contribution in [1.82, 2.24) is 4.90 Å². The van der Waals surface area contributed by atoms with Gasteiger partial charge in [-0.15, -0.1) is 0 Å². The monoisotopic (exact) mass is 388 g/mol. The lowest BCUT2D eigenvalue weighted by Gasteiger charge is -2.32. The van der Waals surface area contributed by atoms with Crippen molar-refractivity contribution in [3.05, 3.63) is 57.4 Å². The third-order valence-corrected chi connectivity index (χ3v) is 5.79. The third kappa shape index (κ3) is 2.99. The summed E-state index contributed by atoms with van der Waals surface area (Å²) in [6.07, 6.45) is 0. The molecule has 0 aliphatic carbocycles. The van der Waals surface area contributed by atoms with Crippen LogP contribution >= 0.6 is 11.8 Å². The largest absolute Gasteiger partial charge is 0.466 e. The minimum Gasteiger partial charge on any atom is -0.466 e. The van der Waals surface area contributed by atoms with Gasteiger partial charge in [0.2, 0.25) is 5.91 Å². The second-order valence-electron chi connectivity index (χ2n) is 6.28. The maximum atomic E-state index is 12.7. The van der Waals surface area contributed by atoms with Crippen LogP contribution in [0.2, 0.25) is 0 Å². The number of methoxy groups -OCH3 is 2. The lowest BCUT2D eigenvalue weighted by atomic mass is 9.82. The average molecular weight is 388 g/mol. The summed E-state index contributed by atoms with van der Waals surface area (Å²) in [6.45, 7) is 3.66. The van der Waals surface area contributed by atoms with E-state index >= 15 is 0 Å². The van der Waals surface area contributed by atoms with Gasteiger partial charge in [0.05, 0.1) is 41.6 Å². The van der Waals surface area contributed by atoms with Gasteiger partial charge in [0, 0.05) is 0 Å². The van der Waals surface area contributed by atoms with E-state index in [1.807, 2.05) is 31.2 Å². The number of amides is 1. The van der Waals surface area contributed by atoms with Gasteiger partial charge in [-0.2, -0.15) is 0 Å². The van der Waals surface area contributed by atoms with Crippen molar-refractivity contribution in [1.29, 1.82) is 0 Å². The SMILES string of the molecule is COC(=O)C1=C(N)N2C(=O)[C@H](C)SC2=C(C(=O)OC)[C@@H]1c1ccc(C)cc1. The van der Waals surface area contributed by atoms with Crippen LogP contribution in [-0.4, -0.2) is 42.2 Å². The van der Waals surface area contributed by atoms with Gasteiger partial charge >= 0.3 is 11.9 Å². The quantitative estimate of drug-likeness (QED) is 0.788. The third-order valence-electron chi connectivity index (χ3n) is 4.61. The highest BCUT2D eigenvalue weighted by molar-refractivity contribution is 8.04. The molecule has 0 spiro atoms. The van der Waals surface area contributed by atoms with Gasteiger partial charge in [0.1, 0.15) is 5.82 Å². The molecule has 2 heterocycles. The predicted octanol–water partition coefficient (Wildman–Crippen LogP) is 1.78. The fraction of sp³-hybridized carbons (Fsp3) is 0.316. The molecule has 2 N–H and O–H groups in total. The minimum atomic E-state index is -0.789. The van der Waals surface area contributed by atoms with Crippen LogP contribution in [0.5, 0.6) is 0 Å². The van der Waals surface area contributed by atoms with Gasteiger partial charge in [0.25, 0.3) is 0 Å². The molecular formula is C19H20N2O5S. The number of carbonyl (C=O) groups is 3. The molecule has 2 atom stereocenters. The van der Waals surface area contributed by atoms with Gasteiger partial charge in [-0.1, -0.05) is 41.6 Å². The van der Waals surface area contributed by atoms with E-state index in [1.165, 1.54) is 30.9 Å². The zero-order chi connectivity index (χ0) is 19.9. The number of fused-ring (bicyclic) bond motifs is 1. The zero-order valence-electron chi connectivity index (χ0n) is 15.4. The number of rotatable bonds is 3. The molecule has 8 heteroatoms.